The van der Waals surface area contributed by atoms with Gasteiger partial charge >= 0.3 is 0 Å². The summed E-state index contributed by atoms with van der Waals surface area (Å²) in [4.78, 5) is 0. The molecule has 3 heterocycles. The van der Waals surface area contributed by atoms with Crippen molar-refractivity contribution in [1.82, 2.24) is 0 Å². The molecule has 60 heavy (non-hydrogen) atoms. The van der Waals surface area contributed by atoms with E-state index in [-0.39, 0.29) is 0 Å². The van der Waals surface area contributed by atoms with Crippen LogP contribution in [0.15, 0.2) is 91.0 Å². The third kappa shape index (κ3) is 4.91. The highest BCUT2D eigenvalue weighted by atomic mass is 32.4. The molecule has 3 aliphatic rings. The van der Waals surface area contributed by atoms with Gasteiger partial charge in [0.2, 0.25) is 0 Å². The Labute approximate surface area is 366 Å². The van der Waals surface area contributed by atoms with Crippen molar-refractivity contribution in [2.45, 2.75) is 41.5 Å². The standard InChI is InChI=1S/C48H45O6P3S3/c1-7-49-37-38(50-8-2)44-32-31-33-35-36-34(32)46(56(44,59)29-24-18-14-19-25-29)41(53-11-5)42(54-12-6)48(36)57(60,30-26-20-15-21-27-30)47(35)40(52-10-4)39(51-9-3)45(33)55(58,43(31)37)28-22-16-13-17-23-28/h13-27H,7-12H2,1-6H3. The summed E-state index contributed by atoms with van der Waals surface area (Å²) in [6.07, 6.45) is 0. The lowest BCUT2D eigenvalue weighted by molar-refractivity contribution is 0.292. The predicted octanol–water partition coefficient (Wildman–Crippen LogP) is 7.75. The molecule has 0 radical (unpaired) electrons. The van der Waals surface area contributed by atoms with E-state index in [1.165, 1.54) is 0 Å². The van der Waals surface area contributed by atoms with Gasteiger partial charge in [-0.15, -0.1) is 0 Å². The van der Waals surface area contributed by atoms with Crippen LogP contribution in [0.25, 0.3) is 32.3 Å². The molecule has 0 bridgehead atoms. The van der Waals surface area contributed by atoms with E-state index in [1.54, 1.807) is 0 Å². The minimum absolute atomic E-state index is 0.399. The maximum atomic E-state index is 7.41. The van der Waals surface area contributed by atoms with E-state index < -0.39 is 18.1 Å². The average molecular weight is 907 g/mol. The second-order valence-corrected chi connectivity index (χ2v) is 27.6. The van der Waals surface area contributed by atoms with Gasteiger partial charge in [0.1, 0.15) is 0 Å². The van der Waals surface area contributed by atoms with E-state index >= 15 is 0 Å². The first-order chi connectivity index (χ1) is 29.2. The summed E-state index contributed by atoms with van der Waals surface area (Å²) in [5.41, 5.74) is 0. The van der Waals surface area contributed by atoms with Crippen molar-refractivity contribution in [2.75, 3.05) is 39.6 Å². The molecular weight excluding hydrogens is 862 g/mol. The van der Waals surface area contributed by atoms with Gasteiger partial charge in [0, 0.05) is 82.3 Å². The lowest BCUT2D eigenvalue weighted by Gasteiger charge is -2.29. The molecule has 0 unspecified atom stereocenters. The fourth-order valence-electron chi connectivity index (χ4n) is 9.99. The zero-order valence-corrected chi connectivity index (χ0v) is 39.6. The molecule has 0 aliphatic carbocycles. The Morgan fingerprint density at radius 2 is 0.467 bits per heavy atom. The van der Waals surface area contributed by atoms with Crippen molar-refractivity contribution in [3.05, 3.63) is 91.0 Å². The third-order valence-electron chi connectivity index (χ3n) is 11.8. The van der Waals surface area contributed by atoms with Gasteiger partial charge in [-0.25, -0.2) is 0 Å². The fraction of sp³-hybridized carbons (Fsp3) is 0.250. The maximum absolute atomic E-state index is 7.41. The molecule has 0 spiro atoms. The monoisotopic (exact) mass is 906 g/mol. The quantitative estimate of drug-likeness (QED) is 0.0761. The van der Waals surface area contributed by atoms with Crippen molar-refractivity contribution in [2.24, 2.45) is 0 Å². The van der Waals surface area contributed by atoms with E-state index in [9.17, 15) is 0 Å². The molecule has 12 heteroatoms. The van der Waals surface area contributed by atoms with E-state index in [2.05, 4.69) is 72.8 Å². The summed E-state index contributed by atoms with van der Waals surface area (Å²) in [5.74, 6) is 3.98. The van der Waals surface area contributed by atoms with E-state index in [0.717, 1.165) is 80.1 Å². The summed E-state index contributed by atoms with van der Waals surface area (Å²) in [6.45, 7) is 14.5. The fourth-order valence-corrected chi connectivity index (χ4v) is 24.2. The summed E-state index contributed by atoms with van der Waals surface area (Å²) < 4.78 is 41.9. The molecule has 0 aromatic heterocycles. The van der Waals surface area contributed by atoms with Crippen molar-refractivity contribution in [3.63, 3.8) is 0 Å². The Kier molecular flexibility index (Phi) is 9.95. The molecule has 0 amide bonds. The van der Waals surface area contributed by atoms with Crippen LogP contribution >= 0.6 is 18.1 Å². The lowest BCUT2D eigenvalue weighted by Crippen LogP contribution is -2.28. The van der Waals surface area contributed by atoms with Gasteiger partial charge in [-0.3, -0.25) is 0 Å². The average Bonchev–Trinajstić information content (AvgIpc) is 3.83. The first-order valence-corrected chi connectivity index (χ1v) is 29.1. The van der Waals surface area contributed by atoms with Gasteiger partial charge in [-0.05, 0) is 57.5 Å². The van der Waals surface area contributed by atoms with Crippen LogP contribution in [0.5, 0.6) is 34.5 Å². The third-order valence-corrected chi connectivity index (χ3v) is 26.4. The molecule has 3 aliphatic heterocycles. The highest BCUT2D eigenvalue weighted by Gasteiger charge is 2.55. The SMILES string of the molecule is CCOc1c(OCC)c2c3c4c1P(=S)(c1ccccc1)c1c(OCC)c(OCC)c5c(c14)c1c(c(OCC)c(OCC)c(c31)P2(=S)c1ccccc1)P5(=S)c1ccccc1. The van der Waals surface area contributed by atoms with Crippen LogP contribution in [0.2, 0.25) is 0 Å². The summed E-state index contributed by atoms with van der Waals surface area (Å²) in [7, 11) is 0. The van der Waals surface area contributed by atoms with Gasteiger partial charge in [-0.2, -0.15) is 0 Å². The van der Waals surface area contributed by atoms with Crippen LogP contribution in [0.4, 0.5) is 0 Å². The van der Waals surface area contributed by atoms with E-state index in [0.29, 0.717) is 74.1 Å². The topological polar surface area (TPSA) is 55.4 Å². The van der Waals surface area contributed by atoms with Crippen molar-refractivity contribution in [1.29, 1.82) is 0 Å². The molecule has 7 aromatic carbocycles. The van der Waals surface area contributed by atoms with Crippen molar-refractivity contribution in [3.8, 4) is 34.5 Å². The molecule has 0 N–H and O–H groups in total. The number of ether oxygens (including phenoxy) is 6. The molecule has 0 atom stereocenters. The Hall–Kier alpha value is -3.93. The molecule has 306 valence electrons. The largest absolute Gasteiger partial charge is 0.489 e. The van der Waals surface area contributed by atoms with Gasteiger partial charge in [-0.1, -0.05) is 126 Å². The number of hydrogen-bond donors (Lipinski definition) is 0. The maximum Gasteiger partial charge on any atom is 0.171 e. The van der Waals surface area contributed by atoms with Gasteiger partial charge in [0.15, 0.2) is 34.5 Å². The molecule has 6 nitrogen and oxygen atoms in total. The molecule has 10 rings (SSSR count). The zero-order valence-electron chi connectivity index (χ0n) is 34.4. The normalized spacial score (nSPS) is 20.3. The smallest absolute Gasteiger partial charge is 0.171 e. The van der Waals surface area contributed by atoms with Gasteiger partial charge < -0.3 is 28.4 Å². The van der Waals surface area contributed by atoms with Crippen LogP contribution in [-0.4, -0.2) is 39.6 Å². The minimum Gasteiger partial charge on any atom is -0.489 e. The van der Waals surface area contributed by atoms with Crippen LogP contribution < -0.4 is 76.2 Å². The second kappa shape index (κ2) is 14.9. The first kappa shape index (κ1) is 40.2. The van der Waals surface area contributed by atoms with Gasteiger partial charge in [0.25, 0.3) is 0 Å². The van der Waals surface area contributed by atoms with Crippen LogP contribution in [0.3, 0.4) is 0 Å². The second-order valence-electron chi connectivity index (χ2n) is 14.7. The Balaban J connectivity index is 1.63. The molecule has 0 saturated carbocycles. The van der Waals surface area contributed by atoms with Crippen molar-refractivity contribution >= 4 is 134 Å². The van der Waals surface area contributed by atoms with E-state index in [4.69, 9.17) is 63.8 Å². The van der Waals surface area contributed by atoms with E-state index in [1.807, 2.05) is 59.7 Å². The zero-order chi connectivity index (χ0) is 41.7. The Morgan fingerprint density at radius 3 is 0.617 bits per heavy atom. The highest BCUT2D eigenvalue weighted by molar-refractivity contribution is 8.28. The summed E-state index contributed by atoms with van der Waals surface area (Å²) in [6, 6.07) is 22.5. The summed E-state index contributed by atoms with van der Waals surface area (Å²) in [5, 5.41) is 15.3. The lowest BCUT2D eigenvalue weighted by atomic mass is 9.93. The Morgan fingerprint density at radius 1 is 0.300 bits per heavy atom. The molecular formula is C48H45O6P3S3. The van der Waals surface area contributed by atoms with Gasteiger partial charge in [0.05, 0.1) is 39.6 Å². The van der Waals surface area contributed by atoms with Crippen LogP contribution in [0.1, 0.15) is 41.5 Å². The predicted molar refractivity (Wildman–Crippen MR) is 265 cm³/mol. The number of rotatable bonds is 15. The van der Waals surface area contributed by atoms with Crippen LogP contribution in [0, 0.1) is 0 Å². The number of benzene rings is 7. The molecule has 7 aromatic rings. The Bertz CT molecular complexity index is 2600. The van der Waals surface area contributed by atoms with Crippen molar-refractivity contribution < 1.29 is 28.4 Å². The molecule has 0 fully saturated rings. The van der Waals surface area contributed by atoms with Crippen LogP contribution in [-0.2, 0) is 35.4 Å². The molecule has 0 saturated heterocycles. The first-order valence-electron chi connectivity index (χ1n) is 20.7. The summed E-state index contributed by atoms with van der Waals surface area (Å²) >= 11 is 22.2. The highest BCUT2D eigenvalue weighted by Crippen LogP contribution is 2.70. The number of hydrogen-bond acceptors (Lipinski definition) is 9. The minimum atomic E-state index is -3.03.